The number of carboxylic acids is 1. The lowest BCUT2D eigenvalue weighted by Gasteiger charge is -2.22. The van der Waals surface area contributed by atoms with Crippen molar-refractivity contribution in [3.05, 3.63) is 29.3 Å². The maximum absolute atomic E-state index is 12.6. The molecule has 0 aromatic heterocycles. The van der Waals surface area contributed by atoms with Crippen LogP contribution in [0.4, 0.5) is 18.9 Å². The molecule has 1 aliphatic heterocycles. The molecule has 1 atom stereocenters. The summed E-state index contributed by atoms with van der Waals surface area (Å²) in [7, 11) is 0. The van der Waals surface area contributed by atoms with E-state index in [4.69, 9.17) is 9.84 Å². The Bertz CT molecular complexity index is 539. The number of hydrogen-bond donors (Lipinski definition) is 3. The Balaban J connectivity index is 2.21. The van der Waals surface area contributed by atoms with Gasteiger partial charge in [-0.25, -0.2) is 4.79 Å². The zero-order valence-electron chi connectivity index (χ0n) is 10.9. The highest BCUT2D eigenvalue weighted by molar-refractivity contribution is 5.94. The molecule has 1 fully saturated rings. The molecular formula is C13H14F3NO4. The Morgan fingerprint density at radius 3 is 2.67 bits per heavy atom. The standard InChI is InChI=1S/C13H14F3NO4/c14-13(15,16)8-1-2-10(9(5-8)11(18)19)17-6-12(20)3-4-21-7-12/h1-2,5,17,20H,3-4,6-7H2,(H,18,19). The van der Waals surface area contributed by atoms with Crippen LogP contribution in [-0.4, -0.2) is 41.5 Å². The highest BCUT2D eigenvalue weighted by atomic mass is 19.4. The minimum absolute atomic E-state index is 0.00134. The number of aromatic carboxylic acids is 1. The molecule has 1 saturated heterocycles. The Kier molecular flexibility index (Phi) is 4.11. The average molecular weight is 305 g/mol. The number of aliphatic hydroxyl groups is 1. The summed E-state index contributed by atoms with van der Waals surface area (Å²) >= 11 is 0. The molecule has 8 heteroatoms. The first-order valence-electron chi connectivity index (χ1n) is 6.20. The van der Waals surface area contributed by atoms with Crippen LogP contribution < -0.4 is 5.32 Å². The summed E-state index contributed by atoms with van der Waals surface area (Å²) < 4.78 is 42.8. The van der Waals surface area contributed by atoms with Gasteiger partial charge < -0.3 is 20.3 Å². The second kappa shape index (κ2) is 5.53. The second-order valence-electron chi connectivity index (χ2n) is 4.94. The van der Waals surface area contributed by atoms with Gasteiger partial charge in [0.15, 0.2) is 0 Å². The van der Waals surface area contributed by atoms with Gasteiger partial charge in [-0.05, 0) is 18.2 Å². The first kappa shape index (κ1) is 15.6. The van der Waals surface area contributed by atoms with Crippen LogP contribution in [0.15, 0.2) is 18.2 Å². The van der Waals surface area contributed by atoms with Crippen LogP contribution in [0.2, 0.25) is 0 Å². The normalized spacial score (nSPS) is 22.3. The molecule has 1 unspecified atom stereocenters. The van der Waals surface area contributed by atoms with Crippen molar-refractivity contribution in [2.45, 2.75) is 18.2 Å². The van der Waals surface area contributed by atoms with E-state index in [0.717, 1.165) is 12.1 Å². The molecule has 1 aromatic carbocycles. The van der Waals surface area contributed by atoms with E-state index in [1.807, 2.05) is 0 Å². The first-order valence-corrected chi connectivity index (χ1v) is 6.20. The van der Waals surface area contributed by atoms with Crippen molar-refractivity contribution < 1.29 is 32.9 Å². The van der Waals surface area contributed by atoms with Gasteiger partial charge in [0, 0.05) is 25.3 Å². The molecule has 116 valence electrons. The zero-order valence-corrected chi connectivity index (χ0v) is 10.9. The molecule has 1 aromatic rings. The van der Waals surface area contributed by atoms with Crippen molar-refractivity contribution in [3.63, 3.8) is 0 Å². The molecular weight excluding hydrogens is 291 g/mol. The lowest BCUT2D eigenvalue weighted by Crippen LogP contribution is -2.37. The monoisotopic (exact) mass is 305 g/mol. The molecule has 0 bridgehead atoms. The summed E-state index contributed by atoms with van der Waals surface area (Å²) in [6.45, 7) is 0.485. The van der Waals surface area contributed by atoms with Gasteiger partial charge in [-0.2, -0.15) is 13.2 Å². The summed E-state index contributed by atoms with van der Waals surface area (Å²) in [5.41, 5.74) is -2.64. The van der Waals surface area contributed by atoms with Crippen molar-refractivity contribution in [1.29, 1.82) is 0 Å². The smallest absolute Gasteiger partial charge is 0.416 e. The van der Waals surface area contributed by atoms with E-state index in [1.165, 1.54) is 0 Å². The van der Waals surface area contributed by atoms with Crippen LogP contribution in [-0.2, 0) is 10.9 Å². The third kappa shape index (κ3) is 3.64. The quantitative estimate of drug-likeness (QED) is 0.792. The van der Waals surface area contributed by atoms with Gasteiger partial charge in [0.05, 0.1) is 17.7 Å². The van der Waals surface area contributed by atoms with Gasteiger partial charge in [-0.15, -0.1) is 0 Å². The minimum Gasteiger partial charge on any atom is -0.478 e. The summed E-state index contributed by atoms with van der Waals surface area (Å²) in [4.78, 5) is 11.1. The van der Waals surface area contributed by atoms with Gasteiger partial charge in [-0.1, -0.05) is 0 Å². The first-order chi connectivity index (χ1) is 9.71. The maximum Gasteiger partial charge on any atom is 0.416 e. The number of carbonyl (C=O) groups is 1. The van der Waals surface area contributed by atoms with Crippen LogP contribution in [0.1, 0.15) is 22.3 Å². The fourth-order valence-electron chi connectivity index (χ4n) is 2.05. The number of anilines is 1. The lowest BCUT2D eigenvalue weighted by atomic mass is 10.0. The summed E-state index contributed by atoms with van der Waals surface area (Å²) in [5, 5.41) is 21.7. The van der Waals surface area contributed by atoms with E-state index >= 15 is 0 Å². The molecule has 0 spiro atoms. The lowest BCUT2D eigenvalue weighted by molar-refractivity contribution is -0.137. The van der Waals surface area contributed by atoms with E-state index in [1.54, 1.807) is 0 Å². The van der Waals surface area contributed by atoms with E-state index in [-0.39, 0.29) is 18.8 Å². The Labute approximate surface area is 118 Å². The number of alkyl halides is 3. The van der Waals surface area contributed by atoms with Gasteiger partial charge in [0.1, 0.15) is 5.60 Å². The molecule has 1 heterocycles. The predicted octanol–water partition coefficient (Wildman–Crippen LogP) is 1.97. The van der Waals surface area contributed by atoms with Gasteiger partial charge >= 0.3 is 12.1 Å². The summed E-state index contributed by atoms with van der Waals surface area (Å²) in [6.07, 6.45) is -4.23. The third-order valence-electron chi connectivity index (χ3n) is 3.27. The number of hydrogen-bond acceptors (Lipinski definition) is 4. The largest absolute Gasteiger partial charge is 0.478 e. The number of rotatable bonds is 4. The topological polar surface area (TPSA) is 78.8 Å². The molecule has 3 N–H and O–H groups in total. The molecule has 1 aliphatic rings. The number of halogens is 3. The van der Waals surface area contributed by atoms with Crippen LogP contribution >= 0.6 is 0 Å². The van der Waals surface area contributed by atoms with Crippen molar-refractivity contribution in [2.75, 3.05) is 25.1 Å². The maximum atomic E-state index is 12.6. The highest BCUT2D eigenvalue weighted by Gasteiger charge is 2.34. The molecule has 0 saturated carbocycles. The van der Waals surface area contributed by atoms with Crippen LogP contribution in [0.25, 0.3) is 0 Å². The van der Waals surface area contributed by atoms with Crippen LogP contribution in [0.3, 0.4) is 0 Å². The number of nitrogens with one attached hydrogen (secondary N) is 1. The Morgan fingerprint density at radius 2 is 2.14 bits per heavy atom. The van der Waals surface area contributed by atoms with E-state index < -0.39 is 28.9 Å². The summed E-state index contributed by atoms with van der Waals surface area (Å²) in [5.74, 6) is -1.47. The fourth-order valence-corrected chi connectivity index (χ4v) is 2.05. The molecule has 0 radical (unpaired) electrons. The van der Waals surface area contributed by atoms with E-state index in [9.17, 15) is 23.1 Å². The fraction of sp³-hybridized carbons (Fsp3) is 0.462. The minimum atomic E-state index is -4.61. The van der Waals surface area contributed by atoms with Crippen LogP contribution in [0.5, 0.6) is 0 Å². The van der Waals surface area contributed by atoms with Gasteiger partial charge in [-0.3, -0.25) is 0 Å². The Morgan fingerprint density at radius 1 is 1.43 bits per heavy atom. The number of ether oxygens (including phenoxy) is 1. The Hall–Kier alpha value is -1.80. The third-order valence-corrected chi connectivity index (χ3v) is 3.27. The molecule has 0 aliphatic carbocycles. The van der Waals surface area contributed by atoms with E-state index in [0.29, 0.717) is 19.1 Å². The second-order valence-corrected chi connectivity index (χ2v) is 4.94. The summed E-state index contributed by atoms with van der Waals surface area (Å²) in [6, 6.07) is 2.41. The number of benzene rings is 1. The highest BCUT2D eigenvalue weighted by Crippen LogP contribution is 2.32. The van der Waals surface area contributed by atoms with Gasteiger partial charge in [0.2, 0.25) is 0 Å². The van der Waals surface area contributed by atoms with Crippen molar-refractivity contribution in [3.8, 4) is 0 Å². The van der Waals surface area contributed by atoms with Crippen molar-refractivity contribution >= 4 is 11.7 Å². The molecule has 2 rings (SSSR count). The van der Waals surface area contributed by atoms with Crippen molar-refractivity contribution in [2.24, 2.45) is 0 Å². The molecule has 5 nitrogen and oxygen atoms in total. The number of carboxylic acid groups (broad SMARTS) is 1. The predicted molar refractivity (Wildman–Crippen MR) is 67.3 cm³/mol. The zero-order chi connectivity index (χ0) is 15.7. The molecule has 0 amide bonds. The average Bonchev–Trinajstić information content (AvgIpc) is 2.82. The molecule has 21 heavy (non-hydrogen) atoms. The SMILES string of the molecule is O=C(O)c1cc(C(F)(F)F)ccc1NCC1(O)CCOC1. The van der Waals surface area contributed by atoms with Crippen LogP contribution in [0, 0.1) is 0 Å². The van der Waals surface area contributed by atoms with Gasteiger partial charge in [0.25, 0.3) is 0 Å². The van der Waals surface area contributed by atoms with E-state index in [2.05, 4.69) is 5.32 Å². The van der Waals surface area contributed by atoms with Crippen molar-refractivity contribution in [1.82, 2.24) is 0 Å².